The van der Waals surface area contributed by atoms with Crippen molar-refractivity contribution in [1.29, 1.82) is 0 Å². The zero-order valence-electron chi connectivity index (χ0n) is 14.1. The number of likely N-dealkylation sites (tertiary alicyclic amines) is 1. The highest BCUT2D eigenvalue weighted by Crippen LogP contribution is 2.22. The first-order chi connectivity index (χ1) is 11.2. The summed E-state index contributed by atoms with van der Waals surface area (Å²) < 4.78 is 0. The van der Waals surface area contributed by atoms with Crippen molar-refractivity contribution < 1.29 is 9.59 Å². The van der Waals surface area contributed by atoms with Crippen LogP contribution < -0.4 is 5.32 Å². The summed E-state index contributed by atoms with van der Waals surface area (Å²) in [7, 11) is 0. The van der Waals surface area contributed by atoms with E-state index in [2.05, 4.69) is 12.2 Å². The van der Waals surface area contributed by atoms with E-state index in [1.165, 1.54) is 0 Å². The molecule has 1 unspecified atom stereocenters. The van der Waals surface area contributed by atoms with E-state index in [-0.39, 0.29) is 36.2 Å². The molecule has 3 rings (SSSR count). The number of hydrogen-bond donors (Lipinski definition) is 1. The first-order valence-electron chi connectivity index (χ1n) is 8.52. The molecule has 24 heavy (non-hydrogen) atoms. The second kappa shape index (κ2) is 8.49. The molecule has 6 heteroatoms. The van der Waals surface area contributed by atoms with Gasteiger partial charge in [-0.1, -0.05) is 18.2 Å². The molecule has 2 aliphatic heterocycles. The molecule has 2 heterocycles. The Morgan fingerprint density at radius 2 is 1.75 bits per heavy atom. The Labute approximate surface area is 149 Å². The van der Waals surface area contributed by atoms with Crippen molar-refractivity contribution in [3.8, 4) is 0 Å². The third-order valence-electron chi connectivity index (χ3n) is 4.94. The molecule has 132 valence electrons. The summed E-state index contributed by atoms with van der Waals surface area (Å²) in [6.07, 6.45) is 1.54. The molecule has 2 saturated heterocycles. The molecule has 0 aliphatic carbocycles. The number of carbonyl (C=O) groups excluding carboxylic acids is 2. The second-order valence-corrected chi connectivity index (χ2v) is 6.52. The largest absolute Gasteiger partial charge is 0.339 e. The minimum Gasteiger partial charge on any atom is -0.339 e. The van der Waals surface area contributed by atoms with Crippen molar-refractivity contribution in [1.82, 2.24) is 15.1 Å². The number of piperazine rings is 1. The smallest absolute Gasteiger partial charge is 0.253 e. The molecule has 0 saturated carbocycles. The van der Waals surface area contributed by atoms with Gasteiger partial charge in [-0.2, -0.15) is 0 Å². The zero-order chi connectivity index (χ0) is 16.2. The lowest BCUT2D eigenvalue weighted by Gasteiger charge is -2.39. The molecular weight excluding hydrogens is 326 g/mol. The Morgan fingerprint density at radius 3 is 2.38 bits per heavy atom. The molecule has 2 amide bonds. The van der Waals surface area contributed by atoms with Crippen LogP contribution >= 0.6 is 12.4 Å². The van der Waals surface area contributed by atoms with E-state index in [4.69, 9.17) is 0 Å². The number of nitrogens with one attached hydrogen (secondary N) is 1. The lowest BCUT2D eigenvalue weighted by atomic mass is 9.94. The average molecular weight is 352 g/mol. The van der Waals surface area contributed by atoms with E-state index >= 15 is 0 Å². The van der Waals surface area contributed by atoms with Gasteiger partial charge in [0, 0.05) is 50.2 Å². The summed E-state index contributed by atoms with van der Waals surface area (Å²) in [5.74, 6) is 0.410. The second-order valence-electron chi connectivity index (χ2n) is 6.52. The number of amides is 2. The van der Waals surface area contributed by atoms with Crippen LogP contribution in [0.4, 0.5) is 0 Å². The van der Waals surface area contributed by atoms with Crippen LogP contribution in [0.5, 0.6) is 0 Å². The van der Waals surface area contributed by atoms with Crippen molar-refractivity contribution in [3.05, 3.63) is 35.9 Å². The minimum atomic E-state index is 0. The molecule has 2 aliphatic rings. The number of nitrogens with zero attached hydrogens (tertiary/aromatic N) is 2. The Bertz CT molecular complexity index is 559. The number of piperidine rings is 1. The highest BCUT2D eigenvalue weighted by molar-refractivity contribution is 5.94. The third kappa shape index (κ3) is 4.08. The molecule has 1 aromatic rings. The molecule has 0 radical (unpaired) electrons. The number of rotatable bonds is 2. The zero-order valence-corrected chi connectivity index (χ0v) is 14.9. The van der Waals surface area contributed by atoms with E-state index in [1.807, 2.05) is 40.1 Å². The van der Waals surface area contributed by atoms with Crippen LogP contribution in [0.1, 0.15) is 30.1 Å². The highest BCUT2D eigenvalue weighted by Gasteiger charge is 2.32. The van der Waals surface area contributed by atoms with E-state index < -0.39 is 0 Å². The molecule has 5 nitrogen and oxygen atoms in total. The first kappa shape index (κ1) is 18.7. The summed E-state index contributed by atoms with van der Waals surface area (Å²) in [5, 5.41) is 3.32. The fourth-order valence-electron chi connectivity index (χ4n) is 3.50. The Hall–Kier alpha value is -1.59. The molecule has 1 atom stereocenters. The van der Waals surface area contributed by atoms with E-state index in [0.29, 0.717) is 13.1 Å². The van der Waals surface area contributed by atoms with E-state index in [0.717, 1.165) is 38.0 Å². The van der Waals surface area contributed by atoms with Gasteiger partial charge in [0.15, 0.2) is 0 Å². The molecule has 0 bridgehead atoms. The summed E-state index contributed by atoms with van der Waals surface area (Å²) in [6, 6.07) is 9.64. The standard InChI is InChI=1S/C18H25N3O2.ClH/c1-14-13-19-9-12-21(14)18(23)16-7-10-20(11-8-16)17(22)15-5-3-2-4-6-15;/h2-6,14,16,19H,7-13H2,1H3;1H. The average Bonchev–Trinajstić information content (AvgIpc) is 2.62. The maximum atomic E-state index is 12.7. The molecule has 1 aromatic carbocycles. The van der Waals surface area contributed by atoms with Gasteiger partial charge in [0.1, 0.15) is 0 Å². The Morgan fingerprint density at radius 1 is 1.08 bits per heavy atom. The number of halogens is 1. The van der Waals surface area contributed by atoms with Gasteiger partial charge < -0.3 is 15.1 Å². The normalized spacial score (nSPS) is 22.0. The van der Waals surface area contributed by atoms with Crippen LogP contribution in [0.25, 0.3) is 0 Å². The monoisotopic (exact) mass is 351 g/mol. The van der Waals surface area contributed by atoms with Gasteiger partial charge in [-0.05, 0) is 31.9 Å². The van der Waals surface area contributed by atoms with Crippen molar-refractivity contribution >= 4 is 24.2 Å². The molecule has 2 fully saturated rings. The van der Waals surface area contributed by atoms with Gasteiger partial charge in [0.05, 0.1) is 0 Å². The van der Waals surface area contributed by atoms with Crippen molar-refractivity contribution in [2.24, 2.45) is 5.92 Å². The molecule has 1 N–H and O–H groups in total. The molecular formula is C18H26ClN3O2. The molecule has 0 spiro atoms. The van der Waals surface area contributed by atoms with Gasteiger partial charge in [-0.3, -0.25) is 9.59 Å². The minimum absolute atomic E-state index is 0. The fourth-order valence-corrected chi connectivity index (χ4v) is 3.50. The lowest BCUT2D eigenvalue weighted by Crippen LogP contribution is -2.55. The summed E-state index contributed by atoms with van der Waals surface area (Å²) >= 11 is 0. The van der Waals surface area contributed by atoms with Crippen LogP contribution in [0.15, 0.2) is 30.3 Å². The van der Waals surface area contributed by atoms with E-state index in [1.54, 1.807) is 0 Å². The van der Waals surface area contributed by atoms with Gasteiger partial charge in [-0.15, -0.1) is 12.4 Å². The summed E-state index contributed by atoms with van der Waals surface area (Å²) in [6.45, 7) is 5.98. The Kier molecular flexibility index (Phi) is 6.63. The summed E-state index contributed by atoms with van der Waals surface area (Å²) in [4.78, 5) is 29.0. The third-order valence-corrected chi connectivity index (χ3v) is 4.94. The van der Waals surface area contributed by atoms with Crippen LogP contribution in [0, 0.1) is 5.92 Å². The van der Waals surface area contributed by atoms with Gasteiger partial charge in [-0.25, -0.2) is 0 Å². The van der Waals surface area contributed by atoms with Crippen LogP contribution in [0.3, 0.4) is 0 Å². The number of hydrogen-bond acceptors (Lipinski definition) is 3. The van der Waals surface area contributed by atoms with E-state index in [9.17, 15) is 9.59 Å². The lowest BCUT2D eigenvalue weighted by molar-refractivity contribution is -0.139. The Balaban J connectivity index is 0.00000208. The molecule has 0 aromatic heterocycles. The predicted octanol–water partition coefficient (Wildman–Crippen LogP) is 1.78. The highest BCUT2D eigenvalue weighted by atomic mass is 35.5. The predicted molar refractivity (Wildman–Crippen MR) is 96.4 cm³/mol. The summed E-state index contributed by atoms with van der Waals surface area (Å²) in [5.41, 5.74) is 0.730. The fraction of sp³-hybridized carbons (Fsp3) is 0.556. The number of carbonyl (C=O) groups is 2. The van der Waals surface area contributed by atoms with Crippen LogP contribution in [-0.2, 0) is 4.79 Å². The maximum Gasteiger partial charge on any atom is 0.253 e. The SMILES string of the molecule is CC1CNCCN1C(=O)C1CCN(C(=O)c2ccccc2)CC1.Cl. The van der Waals surface area contributed by atoms with Gasteiger partial charge in [0.25, 0.3) is 5.91 Å². The quantitative estimate of drug-likeness (QED) is 0.883. The maximum absolute atomic E-state index is 12.7. The van der Waals surface area contributed by atoms with Gasteiger partial charge in [0.2, 0.25) is 5.91 Å². The van der Waals surface area contributed by atoms with Crippen LogP contribution in [0.2, 0.25) is 0 Å². The topological polar surface area (TPSA) is 52.7 Å². The van der Waals surface area contributed by atoms with Crippen molar-refractivity contribution in [2.75, 3.05) is 32.7 Å². The van der Waals surface area contributed by atoms with Gasteiger partial charge >= 0.3 is 0 Å². The number of benzene rings is 1. The van der Waals surface area contributed by atoms with Crippen molar-refractivity contribution in [3.63, 3.8) is 0 Å². The first-order valence-corrected chi connectivity index (χ1v) is 8.52. The van der Waals surface area contributed by atoms with Crippen molar-refractivity contribution in [2.45, 2.75) is 25.8 Å². The van der Waals surface area contributed by atoms with Crippen LogP contribution in [-0.4, -0.2) is 60.4 Å².